The Hall–Kier alpha value is -1.00. The average molecular weight is 182 g/mol. The van der Waals surface area contributed by atoms with Crippen molar-refractivity contribution in [3.8, 4) is 0 Å². The van der Waals surface area contributed by atoms with E-state index < -0.39 is 24.7 Å². The van der Waals surface area contributed by atoms with E-state index in [1.165, 1.54) is 13.0 Å². The first-order valence-corrected chi connectivity index (χ1v) is 3.23. The van der Waals surface area contributed by atoms with Crippen molar-refractivity contribution in [2.24, 2.45) is 5.92 Å². The van der Waals surface area contributed by atoms with Gasteiger partial charge in [-0.05, 0) is 6.92 Å². The summed E-state index contributed by atoms with van der Waals surface area (Å²) in [5.74, 6) is -1.62. The number of rotatable bonds is 3. The van der Waals surface area contributed by atoms with Gasteiger partial charge >= 0.3 is 12.1 Å². The summed E-state index contributed by atoms with van der Waals surface area (Å²) in [7, 11) is 0. The molecular formula is C7H9F3O2. The highest BCUT2D eigenvalue weighted by molar-refractivity contribution is 5.73. The summed E-state index contributed by atoms with van der Waals surface area (Å²) >= 11 is 0. The first kappa shape index (κ1) is 11.0. The molecule has 0 spiro atoms. The lowest BCUT2D eigenvalue weighted by molar-refractivity contribution is -0.187. The van der Waals surface area contributed by atoms with Gasteiger partial charge in [-0.25, -0.2) is 0 Å². The normalized spacial score (nSPS) is 13.7. The minimum atomic E-state index is -4.46. The van der Waals surface area contributed by atoms with Crippen LogP contribution in [0, 0.1) is 5.92 Å². The zero-order valence-electron chi connectivity index (χ0n) is 6.52. The first-order valence-electron chi connectivity index (χ1n) is 3.23. The molecule has 0 amide bonds. The molecule has 0 aliphatic rings. The van der Waals surface area contributed by atoms with Crippen LogP contribution in [0.4, 0.5) is 13.2 Å². The van der Waals surface area contributed by atoms with Gasteiger partial charge in [0.05, 0.1) is 5.92 Å². The van der Waals surface area contributed by atoms with Crippen molar-refractivity contribution in [3.63, 3.8) is 0 Å². The molecule has 0 rings (SSSR count). The fraction of sp³-hybridized carbons (Fsp3) is 0.571. The molecule has 0 aliphatic carbocycles. The lowest BCUT2D eigenvalue weighted by Gasteiger charge is -2.09. The van der Waals surface area contributed by atoms with Crippen molar-refractivity contribution >= 4 is 5.97 Å². The molecule has 0 N–H and O–H groups in total. The van der Waals surface area contributed by atoms with Gasteiger partial charge in [0, 0.05) is 0 Å². The van der Waals surface area contributed by atoms with Gasteiger partial charge in [-0.2, -0.15) is 13.2 Å². The van der Waals surface area contributed by atoms with Crippen molar-refractivity contribution < 1.29 is 22.7 Å². The second-order valence-corrected chi connectivity index (χ2v) is 2.25. The Kier molecular flexibility index (Phi) is 3.79. The zero-order valence-corrected chi connectivity index (χ0v) is 6.52. The maximum atomic E-state index is 11.5. The van der Waals surface area contributed by atoms with Gasteiger partial charge in [0.1, 0.15) is 0 Å². The number of hydrogen-bond acceptors (Lipinski definition) is 2. The van der Waals surface area contributed by atoms with Gasteiger partial charge in [0.15, 0.2) is 6.61 Å². The van der Waals surface area contributed by atoms with Gasteiger partial charge < -0.3 is 4.74 Å². The van der Waals surface area contributed by atoms with E-state index in [9.17, 15) is 18.0 Å². The Morgan fingerprint density at radius 2 is 2.17 bits per heavy atom. The summed E-state index contributed by atoms with van der Waals surface area (Å²) in [6, 6.07) is 0. The van der Waals surface area contributed by atoms with Gasteiger partial charge in [-0.15, -0.1) is 6.58 Å². The van der Waals surface area contributed by atoms with Gasteiger partial charge in [0.25, 0.3) is 0 Å². The highest BCUT2D eigenvalue weighted by atomic mass is 19.4. The van der Waals surface area contributed by atoms with Crippen LogP contribution in [0.25, 0.3) is 0 Å². The molecule has 0 saturated carbocycles. The van der Waals surface area contributed by atoms with Gasteiger partial charge in [-0.3, -0.25) is 4.79 Å². The summed E-state index contributed by atoms with van der Waals surface area (Å²) in [6.07, 6.45) is -3.24. The monoisotopic (exact) mass is 182 g/mol. The molecule has 0 aromatic heterocycles. The molecule has 2 nitrogen and oxygen atoms in total. The molecule has 0 radical (unpaired) electrons. The van der Waals surface area contributed by atoms with E-state index in [0.717, 1.165) is 0 Å². The maximum absolute atomic E-state index is 11.5. The highest BCUT2D eigenvalue weighted by Crippen LogP contribution is 2.15. The van der Waals surface area contributed by atoms with Crippen LogP contribution in [0.3, 0.4) is 0 Å². The third-order valence-electron chi connectivity index (χ3n) is 1.10. The van der Waals surface area contributed by atoms with Crippen LogP contribution in [0.2, 0.25) is 0 Å². The molecule has 1 atom stereocenters. The molecule has 5 heteroatoms. The van der Waals surface area contributed by atoms with Crippen molar-refractivity contribution in [2.45, 2.75) is 13.1 Å². The Morgan fingerprint density at radius 3 is 2.50 bits per heavy atom. The minimum Gasteiger partial charge on any atom is -0.456 e. The van der Waals surface area contributed by atoms with E-state index in [-0.39, 0.29) is 0 Å². The van der Waals surface area contributed by atoms with Crippen molar-refractivity contribution in [1.29, 1.82) is 0 Å². The second-order valence-electron chi connectivity index (χ2n) is 2.25. The minimum absolute atomic E-state index is 0.702. The summed E-state index contributed by atoms with van der Waals surface area (Å²) in [6.45, 7) is 3.11. The van der Waals surface area contributed by atoms with Crippen LogP contribution in [0.5, 0.6) is 0 Å². The van der Waals surface area contributed by atoms with Crippen LogP contribution in [0.15, 0.2) is 12.7 Å². The fourth-order valence-corrected chi connectivity index (χ4v) is 0.381. The van der Waals surface area contributed by atoms with Gasteiger partial charge in [0.2, 0.25) is 0 Å². The third-order valence-corrected chi connectivity index (χ3v) is 1.10. The molecule has 1 unspecified atom stereocenters. The summed E-state index contributed by atoms with van der Waals surface area (Å²) < 4.78 is 38.4. The van der Waals surface area contributed by atoms with Crippen LogP contribution >= 0.6 is 0 Å². The zero-order chi connectivity index (χ0) is 9.78. The topological polar surface area (TPSA) is 26.3 Å². The predicted molar refractivity (Wildman–Crippen MR) is 36.4 cm³/mol. The molecule has 70 valence electrons. The Bertz CT molecular complexity index is 174. The lowest BCUT2D eigenvalue weighted by atomic mass is 10.2. The smallest absolute Gasteiger partial charge is 0.422 e. The number of alkyl halides is 3. The summed E-state index contributed by atoms with van der Waals surface area (Å²) in [5.41, 5.74) is 0. The molecule has 0 saturated heterocycles. The Morgan fingerprint density at radius 1 is 1.67 bits per heavy atom. The number of esters is 1. The molecule has 12 heavy (non-hydrogen) atoms. The van der Waals surface area contributed by atoms with E-state index in [1.807, 2.05) is 0 Å². The number of hydrogen-bond donors (Lipinski definition) is 0. The number of carbonyl (C=O) groups excluding carboxylic acids is 1. The lowest BCUT2D eigenvalue weighted by Crippen LogP contribution is -2.22. The molecule has 0 fully saturated rings. The first-order chi connectivity index (χ1) is 5.37. The van der Waals surface area contributed by atoms with Crippen molar-refractivity contribution in [3.05, 3.63) is 12.7 Å². The third kappa shape index (κ3) is 4.76. The maximum Gasteiger partial charge on any atom is 0.422 e. The Balaban J connectivity index is 3.80. The second kappa shape index (κ2) is 4.13. The summed E-state index contributed by atoms with van der Waals surface area (Å²) in [4.78, 5) is 10.6. The van der Waals surface area contributed by atoms with E-state index in [1.54, 1.807) is 0 Å². The van der Waals surface area contributed by atoms with Gasteiger partial charge in [-0.1, -0.05) is 6.08 Å². The van der Waals surface area contributed by atoms with Crippen molar-refractivity contribution in [2.75, 3.05) is 6.61 Å². The molecule has 0 heterocycles. The van der Waals surface area contributed by atoms with Crippen LogP contribution in [-0.4, -0.2) is 18.8 Å². The molecular weight excluding hydrogens is 173 g/mol. The van der Waals surface area contributed by atoms with Crippen LogP contribution in [-0.2, 0) is 9.53 Å². The van der Waals surface area contributed by atoms with Crippen LogP contribution in [0.1, 0.15) is 6.92 Å². The molecule has 0 aliphatic heterocycles. The predicted octanol–water partition coefficient (Wildman–Crippen LogP) is 1.91. The number of ether oxygens (including phenoxy) is 1. The molecule has 0 aromatic rings. The fourth-order valence-electron chi connectivity index (χ4n) is 0.381. The van der Waals surface area contributed by atoms with E-state index in [0.29, 0.717) is 0 Å². The number of halogens is 3. The Labute approximate surface area is 68.0 Å². The largest absolute Gasteiger partial charge is 0.456 e. The van der Waals surface area contributed by atoms with Crippen LogP contribution < -0.4 is 0 Å². The quantitative estimate of drug-likeness (QED) is 0.492. The standard InChI is InChI=1S/C7H9F3O2/c1-3-5(2)6(11)12-4-7(8,9)10/h3,5H,1,4H2,2H3. The highest BCUT2D eigenvalue weighted by Gasteiger charge is 2.30. The van der Waals surface area contributed by atoms with E-state index in [4.69, 9.17) is 0 Å². The summed E-state index contributed by atoms with van der Waals surface area (Å²) in [5, 5.41) is 0. The average Bonchev–Trinajstić information content (AvgIpc) is 1.97. The van der Waals surface area contributed by atoms with E-state index in [2.05, 4.69) is 11.3 Å². The van der Waals surface area contributed by atoms with Crippen molar-refractivity contribution in [1.82, 2.24) is 0 Å². The number of carbonyl (C=O) groups is 1. The molecule has 0 bridgehead atoms. The SMILES string of the molecule is C=CC(C)C(=O)OCC(F)(F)F. The van der Waals surface area contributed by atoms with E-state index >= 15 is 0 Å². The molecule has 0 aromatic carbocycles.